The Morgan fingerprint density at radius 1 is 1.41 bits per heavy atom. The molecule has 0 saturated heterocycles. The van der Waals surface area contributed by atoms with Crippen LogP contribution in [0.3, 0.4) is 0 Å². The lowest BCUT2D eigenvalue weighted by Gasteiger charge is -2.20. The quantitative estimate of drug-likeness (QED) is 0.462. The number of oxime groups is 1. The van der Waals surface area contributed by atoms with Gasteiger partial charge in [0.25, 0.3) is 0 Å². The lowest BCUT2D eigenvalue weighted by atomic mass is 9.93. The van der Waals surface area contributed by atoms with E-state index in [9.17, 15) is 5.11 Å². The average molecular weight is 304 g/mol. The van der Waals surface area contributed by atoms with Gasteiger partial charge in [0.2, 0.25) is 0 Å². The zero-order chi connectivity index (χ0) is 16.0. The van der Waals surface area contributed by atoms with Crippen molar-refractivity contribution in [2.45, 2.75) is 57.4 Å². The van der Waals surface area contributed by atoms with Crippen molar-refractivity contribution in [3.8, 4) is 0 Å². The minimum absolute atomic E-state index is 0.0719. The van der Waals surface area contributed by atoms with E-state index < -0.39 is 5.54 Å². The standard InChI is InChI=1S/C18H28N2O2/c1-3-4-11-22-20-14(2)15-5-7-16(8-6-15)17-9-10-18(19,12-17)13-21/h5-8,17,21H,3-4,9-13,19H2,1-2H3/b20-14+/t17-,18+/m0/s1. The van der Waals surface area contributed by atoms with Crippen molar-refractivity contribution in [3.05, 3.63) is 35.4 Å². The molecule has 3 N–H and O–H groups in total. The van der Waals surface area contributed by atoms with Crippen LogP contribution in [0.4, 0.5) is 0 Å². The molecule has 0 heterocycles. The Morgan fingerprint density at radius 2 is 2.14 bits per heavy atom. The first-order valence-corrected chi connectivity index (χ1v) is 8.24. The third-order valence-electron chi connectivity index (χ3n) is 4.55. The van der Waals surface area contributed by atoms with Crippen molar-refractivity contribution in [1.29, 1.82) is 0 Å². The first-order valence-electron chi connectivity index (χ1n) is 8.24. The normalized spacial score (nSPS) is 25.5. The topological polar surface area (TPSA) is 67.8 Å². The molecular weight excluding hydrogens is 276 g/mol. The van der Waals surface area contributed by atoms with Crippen LogP contribution in [0.25, 0.3) is 0 Å². The number of rotatable bonds is 7. The third kappa shape index (κ3) is 4.31. The molecule has 0 radical (unpaired) electrons. The molecule has 4 heteroatoms. The maximum absolute atomic E-state index is 9.37. The van der Waals surface area contributed by atoms with Crippen LogP contribution < -0.4 is 5.73 Å². The lowest BCUT2D eigenvalue weighted by molar-refractivity contribution is 0.141. The summed E-state index contributed by atoms with van der Waals surface area (Å²) in [6.07, 6.45) is 4.94. The fourth-order valence-electron chi connectivity index (χ4n) is 2.99. The summed E-state index contributed by atoms with van der Waals surface area (Å²) in [5, 5.41) is 13.5. The smallest absolute Gasteiger partial charge is 0.117 e. The molecule has 1 aliphatic rings. The zero-order valence-corrected chi connectivity index (χ0v) is 13.7. The molecule has 2 atom stereocenters. The van der Waals surface area contributed by atoms with Crippen molar-refractivity contribution < 1.29 is 9.94 Å². The Labute approximate surface area is 133 Å². The van der Waals surface area contributed by atoms with Crippen LogP contribution >= 0.6 is 0 Å². The summed E-state index contributed by atoms with van der Waals surface area (Å²) in [6, 6.07) is 8.47. The minimum Gasteiger partial charge on any atom is -0.396 e. The molecule has 4 nitrogen and oxygen atoms in total. The van der Waals surface area contributed by atoms with Gasteiger partial charge in [0.15, 0.2) is 0 Å². The van der Waals surface area contributed by atoms with Gasteiger partial charge in [-0.1, -0.05) is 42.8 Å². The Morgan fingerprint density at radius 3 is 2.73 bits per heavy atom. The van der Waals surface area contributed by atoms with Crippen molar-refractivity contribution in [2.75, 3.05) is 13.2 Å². The molecule has 22 heavy (non-hydrogen) atoms. The number of hydrogen-bond acceptors (Lipinski definition) is 4. The largest absolute Gasteiger partial charge is 0.396 e. The number of aliphatic hydroxyl groups is 1. The summed E-state index contributed by atoms with van der Waals surface area (Å²) in [5.41, 5.74) is 9.04. The molecule has 122 valence electrons. The highest BCUT2D eigenvalue weighted by molar-refractivity contribution is 5.98. The summed E-state index contributed by atoms with van der Waals surface area (Å²) >= 11 is 0. The zero-order valence-electron chi connectivity index (χ0n) is 13.7. The average Bonchev–Trinajstić information content (AvgIpc) is 2.95. The maximum Gasteiger partial charge on any atom is 0.117 e. The van der Waals surface area contributed by atoms with E-state index in [0.717, 1.165) is 43.4 Å². The molecule has 1 aromatic rings. The number of unbranched alkanes of at least 4 members (excludes halogenated alkanes) is 1. The number of hydrogen-bond donors (Lipinski definition) is 2. The molecule has 2 rings (SSSR count). The SMILES string of the molecule is CCCCO/N=C(\C)c1ccc([C@H]2CC[C@](N)(CO)C2)cc1. The molecule has 1 fully saturated rings. The highest BCUT2D eigenvalue weighted by Gasteiger charge is 2.35. The van der Waals surface area contributed by atoms with Gasteiger partial charge in [0.1, 0.15) is 6.61 Å². The van der Waals surface area contributed by atoms with Gasteiger partial charge in [0.05, 0.1) is 12.3 Å². The molecule has 0 amide bonds. The van der Waals surface area contributed by atoms with Crippen molar-refractivity contribution in [1.82, 2.24) is 0 Å². The molecule has 1 aliphatic carbocycles. The molecule has 0 aliphatic heterocycles. The van der Waals surface area contributed by atoms with Crippen LogP contribution in [0.15, 0.2) is 29.4 Å². The van der Waals surface area contributed by atoms with Crippen LogP contribution in [0.2, 0.25) is 0 Å². The number of nitrogens with zero attached hydrogens (tertiary/aromatic N) is 1. The number of benzene rings is 1. The van der Waals surface area contributed by atoms with E-state index in [0.29, 0.717) is 12.5 Å². The first kappa shape index (κ1) is 17.0. The van der Waals surface area contributed by atoms with Crippen LogP contribution in [0.5, 0.6) is 0 Å². The van der Waals surface area contributed by atoms with Crippen LogP contribution in [-0.2, 0) is 4.84 Å². The predicted octanol–water partition coefficient (Wildman–Crippen LogP) is 3.18. The van der Waals surface area contributed by atoms with Crippen molar-refractivity contribution in [3.63, 3.8) is 0 Å². The first-order chi connectivity index (χ1) is 10.6. The maximum atomic E-state index is 9.37. The minimum atomic E-state index is -0.395. The lowest BCUT2D eigenvalue weighted by Crippen LogP contribution is -2.40. The molecule has 1 saturated carbocycles. The van der Waals surface area contributed by atoms with Gasteiger partial charge >= 0.3 is 0 Å². The predicted molar refractivity (Wildman–Crippen MR) is 90.1 cm³/mol. The Balaban J connectivity index is 1.96. The number of aliphatic hydroxyl groups excluding tert-OH is 1. The second-order valence-electron chi connectivity index (χ2n) is 6.45. The van der Waals surface area contributed by atoms with Gasteiger partial charge in [-0.25, -0.2) is 0 Å². The van der Waals surface area contributed by atoms with Gasteiger partial charge in [0, 0.05) is 5.54 Å². The van der Waals surface area contributed by atoms with Gasteiger partial charge < -0.3 is 15.7 Å². The van der Waals surface area contributed by atoms with E-state index in [1.165, 1.54) is 5.56 Å². The van der Waals surface area contributed by atoms with Crippen LogP contribution in [0.1, 0.15) is 63.0 Å². The summed E-state index contributed by atoms with van der Waals surface area (Å²) in [7, 11) is 0. The van der Waals surface area contributed by atoms with E-state index in [1.54, 1.807) is 0 Å². The summed E-state index contributed by atoms with van der Waals surface area (Å²) < 4.78 is 0. The van der Waals surface area contributed by atoms with Gasteiger partial charge in [-0.05, 0) is 49.7 Å². The molecule has 0 spiro atoms. The van der Waals surface area contributed by atoms with Gasteiger partial charge in [-0.3, -0.25) is 0 Å². The Hall–Kier alpha value is -1.39. The Bertz CT molecular complexity index is 498. The van der Waals surface area contributed by atoms with Crippen LogP contribution in [-0.4, -0.2) is 29.6 Å². The van der Waals surface area contributed by atoms with E-state index in [-0.39, 0.29) is 6.61 Å². The monoisotopic (exact) mass is 304 g/mol. The molecule has 0 unspecified atom stereocenters. The molecule has 0 aromatic heterocycles. The highest BCUT2D eigenvalue weighted by atomic mass is 16.6. The fourth-order valence-corrected chi connectivity index (χ4v) is 2.99. The van der Waals surface area contributed by atoms with E-state index in [1.807, 2.05) is 6.92 Å². The highest BCUT2D eigenvalue weighted by Crippen LogP contribution is 2.39. The molecule has 1 aromatic carbocycles. The van der Waals surface area contributed by atoms with Crippen molar-refractivity contribution >= 4 is 5.71 Å². The van der Waals surface area contributed by atoms with E-state index in [4.69, 9.17) is 10.6 Å². The Kier molecular flexibility index (Phi) is 5.98. The van der Waals surface area contributed by atoms with E-state index in [2.05, 4.69) is 36.3 Å². The summed E-state index contributed by atoms with van der Waals surface area (Å²) in [5.74, 6) is 0.448. The summed E-state index contributed by atoms with van der Waals surface area (Å²) in [4.78, 5) is 5.31. The fraction of sp³-hybridized carbons (Fsp3) is 0.611. The summed E-state index contributed by atoms with van der Waals surface area (Å²) in [6.45, 7) is 4.85. The third-order valence-corrected chi connectivity index (χ3v) is 4.55. The van der Waals surface area contributed by atoms with Gasteiger partial charge in [-0.2, -0.15) is 0 Å². The number of nitrogens with two attached hydrogens (primary N) is 1. The van der Waals surface area contributed by atoms with Crippen molar-refractivity contribution in [2.24, 2.45) is 10.9 Å². The second kappa shape index (κ2) is 7.75. The van der Waals surface area contributed by atoms with Crippen LogP contribution in [0, 0.1) is 0 Å². The van der Waals surface area contributed by atoms with E-state index >= 15 is 0 Å². The van der Waals surface area contributed by atoms with Gasteiger partial charge in [-0.15, -0.1) is 0 Å². The molecular formula is C18H28N2O2. The second-order valence-corrected chi connectivity index (χ2v) is 6.45. The molecule has 0 bridgehead atoms.